The second-order valence-electron chi connectivity index (χ2n) is 6.45. The van der Waals surface area contributed by atoms with Gasteiger partial charge < -0.3 is 5.11 Å². The molecule has 0 bridgehead atoms. The Kier molecular flexibility index (Phi) is 4.55. The van der Waals surface area contributed by atoms with Crippen molar-refractivity contribution in [2.75, 3.05) is 6.54 Å². The monoisotopic (exact) mass is 329 g/mol. The summed E-state index contributed by atoms with van der Waals surface area (Å²) in [6, 6.07) is 10.4. The van der Waals surface area contributed by atoms with E-state index in [-0.39, 0.29) is 12.1 Å². The van der Waals surface area contributed by atoms with Crippen molar-refractivity contribution in [3.05, 3.63) is 56.8 Å². The first-order valence-electron chi connectivity index (χ1n) is 8.09. The van der Waals surface area contributed by atoms with Crippen LogP contribution in [-0.4, -0.2) is 28.6 Å². The third-order valence-corrected chi connectivity index (χ3v) is 5.72. The van der Waals surface area contributed by atoms with Gasteiger partial charge in [-0.1, -0.05) is 23.8 Å². The minimum atomic E-state index is -0.703. The zero-order valence-corrected chi connectivity index (χ0v) is 14.7. The van der Waals surface area contributed by atoms with Crippen molar-refractivity contribution in [1.82, 2.24) is 4.90 Å². The Balaban J connectivity index is 2.11. The van der Waals surface area contributed by atoms with Gasteiger partial charge in [-0.05, 0) is 56.9 Å². The minimum absolute atomic E-state index is 0.0391. The van der Waals surface area contributed by atoms with Crippen LogP contribution in [0.5, 0.6) is 0 Å². The molecule has 2 unspecified atom stereocenters. The van der Waals surface area contributed by atoms with E-state index < -0.39 is 5.97 Å². The van der Waals surface area contributed by atoms with Gasteiger partial charge in [0.25, 0.3) is 0 Å². The van der Waals surface area contributed by atoms with E-state index in [1.165, 1.54) is 26.4 Å². The molecule has 23 heavy (non-hydrogen) atoms. The molecule has 1 aromatic heterocycles. The number of aliphatic carboxylic acids is 1. The average Bonchev–Trinajstić information content (AvgIpc) is 3.13. The maximum Gasteiger partial charge on any atom is 0.320 e. The molecule has 0 spiro atoms. The summed E-state index contributed by atoms with van der Waals surface area (Å²) in [5, 5.41) is 9.62. The average molecular weight is 329 g/mol. The van der Waals surface area contributed by atoms with Gasteiger partial charge in [-0.2, -0.15) is 0 Å². The molecule has 4 heteroatoms. The molecule has 1 saturated heterocycles. The third-order valence-electron chi connectivity index (χ3n) is 4.67. The highest BCUT2D eigenvalue weighted by atomic mass is 32.1. The van der Waals surface area contributed by atoms with Gasteiger partial charge in [0.15, 0.2) is 0 Å². The number of carboxylic acids is 1. The lowest BCUT2D eigenvalue weighted by Crippen LogP contribution is -2.39. The van der Waals surface area contributed by atoms with Crippen LogP contribution in [0.4, 0.5) is 0 Å². The van der Waals surface area contributed by atoms with Crippen molar-refractivity contribution < 1.29 is 9.90 Å². The second-order valence-corrected chi connectivity index (χ2v) is 7.76. The molecule has 0 amide bonds. The molecule has 2 aromatic rings. The fraction of sp³-hybridized carbons (Fsp3) is 0.421. The fourth-order valence-corrected chi connectivity index (χ4v) is 4.53. The Labute approximate surface area is 141 Å². The Morgan fingerprint density at radius 2 is 2.04 bits per heavy atom. The standard InChI is InChI=1S/C19H23NO2S/c1-12-6-7-13(2)15(11-12)18(17-9-8-14(3)23-17)20-10-4-5-16(20)19(21)22/h6-9,11,16,18H,4-5,10H2,1-3H3,(H,21,22). The number of hydrogen-bond acceptors (Lipinski definition) is 3. The van der Waals surface area contributed by atoms with E-state index >= 15 is 0 Å². The van der Waals surface area contributed by atoms with E-state index in [0.717, 1.165) is 19.4 Å². The van der Waals surface area contributed by atoms with Gasteiger partial charge in [0.05, 0.1) is 6.04 Å². The zero-order valence-electron chi connectivity index (χ0n) is 13.9. The summed E-state index contributed by atoms with van der Waals surface area (Å²) in [7, 11) is 0. The highest BCUT2D eigenvalue weighted by Gasteiger charge is 2.37. The smallest absolute Gasteiger partial charge is 0.320 e. The number of thiophene rings is 1. The van der Waals surface area contributed by atoms with Crippen LogP contribution >= 0.6 is 11.3 Å². The van der Waals surface area contributed by atoms with Crippen LogP contribution in [0.1, 0.15) is 45.3 Å². The number of nitrogens with zero attached hydrogens (tertiary/aromatic N) is 1. The molecular formula is C19H23NO2S. The predicted octanol–water partition coefficient (Wildman–Crippen LogP) is 4.31. The van der Waals surface area contributed by atoms with Gasteiger partial charge in [0.2, 0.25) is 0 Å². The number of hydrogen-bond donors (Lipinski definition) is 1. The first kappa shape index (κ1) is 16.2. The summed E-state index contributed by atoms with van der Waals surface area (Å²) < 4.78 is 0. The molecule has 2 atom stereocenters. The van der Waals surface area contributed by atoms with Crippen molar-refractivity contribution in [3.8, 4) is 0 Å². The van der Waals surface area contributed by atoms with Crippen LogP contribution in [0.2, 0.25) is 0 Å². The summed E-state index contributed by atoms with van der Waals surface area (Å²) in [6.45, 7) is 7.16. The Hall–Kier alpha value is -1.65. The number of rotatable bonds is 4. The fourth-order valence-electron chi connectivity index (χ4n) is 3.51. The Bertz CT molecular complexity index is 722. The normalized spacial score (nSPS) is 19.9. The lowest BCUT2D eigenvalue weighted by Gasteiger charge is -2.32. The molecule has 1 aliphatic heterocycles. The summed E-state index contributed by atoms with van der Waals surface area (Å²) >= 11 is 1.77. The lowest BCUT2D eigenvalue weighted by atomic mass is 9.96. The molecule has 1 fully saturated rings. The summed E-state index contributed by atoms with van der Waals surface area (Å²) in [5.74, 6) is -0.703. The van der Waals surface area contributed by atoms with Crippen LogP contribution < -0.4 is 0 Å². The Morgan fingerprint density at radius 3 is 2.70 bits per heavy atom. The summed E-state index contributed by atoms with van der Waals surface area (Å²) in [5.41, 5.74) is 3.68. The van der Waals surface area contributed by atoms with E-state index in [2.05, 4.69) is 56.0 Å². The zero-order chi connectivity index (χ0) is 16.6. The van der Waals surface area contributed by atoms with Gasteiger partial charge in [-0.15, -0.1) is 11.3 Å². The molecule has 122 valence electrons. The van der Waals surface area contributed by atoms with Crippen LogP contribution in [0, 0.1) is 20.8 Å². The van der Waals surface area contributed by atoms with Crippen LogP contribution in [-0.2, 0) is 4.79 Å². The second kappa shape index (κ2) is 6.46. The SMILES string of the molecule is Cc1ccc(C)c(C(c2ccc(C)s2)N2CCCC2C(=O)O)c1. The van der Waals surface area contributed by atoms with Gasteiger partial charge in [-0.25, -0.2) is 0 Å². The molecule has 0 radical (unpaired) electrons. The topological polar surface area (TPSA) is 40.5 Å². The minimum Gasteiger partial charge on any atom is -0.480 e. The van der Waals surface area contributed by atoms with Crippen molar-refractivity contribution in [3.63, 3.8) is 0 Å². The van der Waals surface area contributed by atoms with E-state index in [9.17, 15) is 9.90 Å². The first-order valence-corrected chi connectivity index (χ1v) is 8.91. The quantitative estimate of drug-likeness (QED) is 0.908. The van der Waals surface area contributed by atoms with Gasteiger partial charge in [0, 0.05) is 16.3 Å². The maximum absolute atomic E-state index is 11.7. The molecule has 0 saturated carbocycles. The Morgan fingerprint density at radius 1 is 1.26 bits per heavy atom. The van der Waals surface area contributed by atoms with Gasteiger partial charge in [0.1, 0.15) is 6.04 Å². The third kappa shape index (κ3) is 3.19. The first-order chi connectivity index (χ1) is 11.0. The highest BCUT2D eigenvalue weighted by molar-refractivity contribution is 7.12. The molecule has 0 aliphatic carbocycles. The van der Waals surface area contributed by atoms with E-state index in [4.69, 9.17) is 0 Å². The number of aryl methyl sites for hydroxylation is 3. The predicted molar refractivity (Wildman–Crippen MR) is 94.2 cm³/mol. The maximum atomic E-state index is 11.7. The molecule has 2 heterocycles. The van der Waals surface area contributed by atoms with Crippen LogP contribution in [0.25, 0.3) is 0 Å². The number of carbonyl (C=O) groups is 1. The summed E-state index contributed by atoms with van der Waals surface area (Å²) in [4.78, 5) is 16.4. The van der Waals surface area contributed by atoms with Crippen molar-refractivity contribution in [2.45, 2.75) is 45.7 Å². The van der Waals surface area contributed by atoms with E-state index in [1.807, 2.05) is 0 Å². The van der Waals surface area contributed by atoms with Gasteiger partial charge in [-0.3, -0.25) is 9.69 Å². The molecule has 1 N–H and O–H groups in total. The molecular weight excluding hydrogens is 306 g/mol. The molecule has 1 aromatic carbocycles. The number of carboxylic acid groups (broad SMARTS) is 1. The number of benzene rings is 1. The largest absolute Gasteiger partial charge is 0.480 e. The number of likely N-dealkylation sites (tertiary alicyclic amines) is 1. The molecule has 1 aliphatic rings. The van der Waals surface area contributed by atoms with Crippen molar-refractivity contribution in [2.24, 2.45) is 0 Å². The van der Waals surface area contributed by atoms with Crippen LogP contribution in [0.15, 0.2) is 30.3 Å². The van der Waals surface area contributed by atoms with E-state index in [0.29, 0.717) is 0 Å². The highest BCUT2D eigenvalue weighted by Crippen LogP contribution is 2.39. The van der Waals surface area contributed by atoms with E-state index in [1.54, 1.807) is 11.3 Å². The molecule has 3 rings (SSSR count). The summed E-state index contributed by atoms with van der Waals surface area (Å²) in [6.07, 6.45) is 1.68. The lowest BCUT2D eigenvalue weighted by molar-refractivity contribution is -0.142. The molecule has 3 nitrogen and oxygen atoms in total. The van der Waals surface area contributed by atoms with Gasteiger partial charge >= 0.3 is 5.97 Å². The van der Waals surface area contributed by atoms with Crippen molar-refractivity contribution >= 4 is 17.3 Å². The van der Waals surface area contributed by atoms with Crippen LogP contribution in [0.3, 0.4) is 0 Å². The van der Waals surface area contributed by atoms with Crippen molar-refractivity contribution in [1.29, 1.82) is 0 Å².